The number of pyridine rings is 1. The molecule has 0 N–H and O–H groups in total. The Balaban J connectivity index is 2.18. The Morgan fingerprint density at radius 1 is 1.15 bits per heavy atom. The number of aromatic nitrogens is 1. The summed E-state index contributed by atoms with van der Waals surface area (Å²) in [5.41, 5.74) is 4.52. The Bertz CT molecular complexity index is 769. The molecule has 1 aromatic carbocycles. The third-order valence-electron chi connectivity index (χ3n) is 3.31. The van der Waals surface area contributed by atoms with Gasteiger partial charge in [-0.15, -0.1) is 0 Å². The van der Waals surface area contributed by atoms with Crippen molar-refractivity contribution in [2.24, 2.45) is 0 Å². The summed E-state index contributed by atoms with van der Waals surface area (Å²) in [5.74, 6) is 1.66. The van der Waals surface area contributed by atoms with E-state index in [-0.39, 0.29) is 0 Å². The summed E-state index contributed by atoms with van der Waals surface area (Å²) in [7, 11) is 1.68. The van der Waals surface area contributed by atoms with Gasteiger partial charge in [0, 0.05) is 17.8 Å². The first-order chi connectivity index (χ1) is 9.60. The van der Waals surface area contributed by atoms with Crippen LogP contribution in [0.2, 0.25) is 5.02 Å². The number of fused-ring (bicyclic) bond motifs is 1. The van der Waals surface area contributed by atoms with Crippen molar-refractivity contribution in [2.45, 2.75) is 13.8 Å². The Kier molecular flexibility index (Phi) is 3.14. The first-order valence-corrected chi connectivity index (χ1v) is 6.67. The monoisotopic (exact) mass is 287 g/mol. The molecule has 0 aliphatic carbocycles. The van der Waals surface area contributed by atoms with E-state index in [0.29, 0.717) is 10.6 Å². The number of benzene rings is 1. The van der Waals surface area contributed by atoms with Crippen molar-refractivity contribution in [3.05, 3.63) is 46.6 Å². The van der Waals surface area contributed by atoms with Crippen LogP contribution in [-0.4, -0.2) is 12.1 Å². The smallest absolute Gasteiger partial charge is 0.171 e. The highest BCUT2D eigenvalue weighted by Gasteiger charge is 2.12. The fraction of sp³-hybridized carbons (Fsp3) is 0.188. The van der Waals surface area contributed by atoms with E-state index < -0.39 is 0 Å². The molecule has 0 unspecified atom stereocenters. The van der Waals surface area contributed by atoms with Crippen molar-refractivity contribution in [3.8, 4) is 17.1 Å². The van der Waals surface area contributed by atoms with Crippen LogP contribution in [0.25, 0.3) is 22.4 Å². The Labute approximate surface area is 122 Å². The highest BCUT2D eigenvalue weighted by molar-refractivity contribution is 6.34. The molecule has 0 bridgehead atoms. The molecular weight excluding hydrogens is 274 g/mol. The summed E-state index contributed by atoms with van der Waals surface area (Å²) < 4.78 is 11.2. The summed E-state index contributed by atoms with van der Waals surface area (Å²) in [6.07, 6.45) is 1.68. The summed E-state index contributed by atoms with van der Waals surface area (Å²) >= 11 is 6.11. The molecule has 0 saturated heterocycles. The Hall–Kier alpha value is -2.00. The number of nitrogens with zero attached hydrogens (tertiary/aromatic N) is 1. The summed E-state index contributed by atoms with van der Waals surface area (Å²) in [4.78, 5) is 4.26. The zero-order valence-corrected chi connectivity index (χ0v) is 12.3. The average molecular weight is 288 g/mol. The lowest BCUT2D eigenvalue weighted by Crippen LogP contribution is -1.91. The predicted octanol–water partition coefficient (Wildman–Crippen LogP) is 4.77. The van der Waals surface area contributed by atoms with Gasteiger partial charge in [0.25, 0.3) is 0 Å². The molecule has 0 spiro atoms. The number of furan rings is 1. The molecule has 0 aliphatic heterocycles. The SMILES string of the molecule is COc1c(C)cc(-c2cc3nccc(Cl)c3o2)cc1C. The molecule has 2 heterocycles. The van der Waals surface area contributed by atoms with Crippen molar-refractivity contribution in [1.29, 1.82) is 0 Å². The molecule has 3 nitrogen and oxygen atoms in total. The quantitative estimate of drug-likeness (QED) is 0.681. The van der Waals surface area contributed by atoms with Crippen LogP contribution in [0.5, 0.6) is 5.75 Å². The molecule has 0 radical (unpaired) electrons. The maximum Gasteiger partial charge on any atom is 0.171 e. The number of hydrogen-bond acceptors (Lipinski definition) is 3. The van der Waals surface area contributed by atoms with E-state index >= 15 is 0 Å². The maximum atomic E-state index is 6.11. The van der Waals surface area contributed by atoms with Crippen LogP contribution in [-0.2, 0) is 0 Å². The average Bonchev–Trinajstić information content (AvgIpc) is 2.84. The van der Waals surface area contributed by atoms with Gasteiger partial charge in [0.2, 0.25) is 0 Å². The summed E-state index contributed by atoms with van der Waals surface area (Å²) in [5, 5.41) is 0.572. The molecule has 0 saturated carbocycles. The normalized spacial score (nSPS) is 11.0. The molecule has 3 aromatic rings. The van der Waals surface area contributed by atoms with Gasteiger partial charge in [-0.3, -0.25) is 4.98 Å². The second-order valence-corrected chi connectivity index (χ2v) is 5.17. The van der Waals surface area contributed by atoms with Gasteiger partial charge >= 0.3 is 0 Å². The van der Waals surface area contributed by atoms with Crippen LogP contribution in [0.15, 0.2) is 34.9 Å². The number of rotatable bonds is 2. The molecule has 20 heavy (non-hydrogen) atoms. The minimum atomic E-state index is 0.572. The lowest BCUT2D eigenvalue weighted by Gasteiger charge is -2.09. The third-order valence-corrected chi connectivity index (χ3v) is 3.61. The highest BCUT2D eigenvalue weighted by atomic mass is 35.5. The largest absolute Gasteiger partial charge is 0.496 e. The Morgan fingerprint density at radius 2 is 1.85 bits per heavy atom. The fourth-order valence-corrected chi connectivity index (χ4v) is 2.66. The van der Waals surface area contributed by atoms with Crippen LogP contribution in [0.4, 0.5) is 0 Å². The van der Waals surface area contributed by atoms with Crippen LogP contribution in [0.3, 0.4) is 0 Å². The number of ether oxygens (including phenoxy) is 1. The van der Waals surface area contributed by atoms with Gasteiger partial charge in [-0.2, -0.15) is 0 Å². The van der Waals surface area contributed by atoms with E-state index in [1.54, 1.807) is 19.4 Å². The van der Waals surface area contributed by atoms with Gasteiger partial charge in [-0.1, -0.05) is 11.6 Å². The van der Waals surface area contributed by atoms with Gasteiger partial charge in [-0.05, 0) is 43.2 Å². The van der Waals surface area contributed by atoms with Crippen LogP contribution < -0.4 is 4.74 Å². The van der Waals surface area contributed by atoms with Gasteiger partial charge in [0.15, 0.2) is 5.58 Å². The van der Waals surface area contributed by atoms with Crippen molar-refractivity contribution < 1.29 is 9.15 Å². The van der Waals surface area contributed by atoms with Crippen molar-refractivity contribution in [2.75, 3.05) is 7.11 Å². The molecule has 0 fully saturated rings. The van der Waals surface area contributed by atoms with E-state index in [4.69, 9.17) is 20.8 Å². The molecule has 2 aromatic heterocycles. The van der Waals surface area contributed by atoms with Crippen molar-refractivity contribution >= 4 is 22.7 Å². The number of halogens is 1. The van der Waals surface area contributed by atoms with Gasteiger partial charge in [-0.25, -0.2) is 0 Å². The number of aryl methyl sites for hydroxylation is 2. The zero-order chi connectivity index (χ0) is 14.3. The van der Waals surface area contributed by atoms with Crippen molar-refractivity contribution in [3.63, 3.8) is 0 Å². The van der Waals surface area contributed by atoms with Crippen LogP contribution in [0.1, 0.15) is 11.1 Å². The summed E-state index contributed by atoms with van der Waals surface area (Å²) in [6.45, 7) is 4.03. The van der Waals surface area contributed by atoms with Crippen LogP contribution in [0, 0.1) is 13.8 Å². The highest BCUT2D eigenvalue weighted by Crippen LogP contribution is 2.34. The minimum Gasteiger partial charge on any atom is -0.496 e. The lowest BCUT2D eigenvalue weighted by atomic mass is 10.0. The predicted molar refractivity (Wildman–Crippen MR) is 80.5 cm³/mol. The van der Waals surface area contributed by atoms with Crippen molar-refractivity contribution in [1.82, 2.24) is 4.98 Å². The standard InChI is InChI=1S/C16H14ClNO2/c1-9-6-11(7-10(2)15(9)19-3)14-8-13-16(20-14)12(17)4-5-18-13/h4-8H,1-3H3. The van der Waals surface area contributed by atoms with Gasteiger partial charge in [0.05, 0.1) is 12.1 Å². The molecule has 0 atom stereocenters. The van der Waals surface area contributed by atoms with E-state index in [2.05, 4.69) is 4.98 Å². The number of hydrogen-bond donors (Lipinski definition) is 0. The molecule has 3 rings (SSSR count). The second kappa shape index (κ2) is 4.84. The minimum absolute atomic E-state index is 0.572. The fourth-order valence-electron chi connectivity index (χ4n) is 2.46. The topological polar surface area (TPSA) is 35.3 Å². The first-order valence-electron chi connectivity index (χ1n) is 6.30. The number of methoxy groups -OCH3 is 1. The van der Waals surface area contributed by atoms with E-state index in [1.807, 2.05) is 32.0 Å². The van der Waals surface area contributed by atoms with E-state index in [0.717, 1.165) is 33.7 Å². The zero-order valence-electron chi connectivity index (χ0n) is 11.5. The Morgan fingerprint density at radius 3 is 2.45 bits per heavy atom. The van der Waals surface area contributed by atoms with Crippen LogP contribution >= 0.6 is 11.6 Å². The van der Waals surface area contributed by atoms with Gasteiger partial charge < -0.3 is 9.15 Å². The lowest BCUT2D eigenvalue weighted by molar-refractivity contribution is 0.408. The molecule has 102 valence electrons. The first kappa shape index (κ1) is 13.0. The molecule has 0 amide bonds. The molecular formula is C16H14ClNO2. The third kappa shape index (κ3) is 2.04. The van der Waals surface area contributed by atoms with Gasteiger partial charge in [0.1, 0.15) is 17.0 Å². The summed E-state index contributed by atoms with van der Waals surface area (Å²) in [6, 6.07) is 7.71. The maximum absolute atomic E-state index is 6.11. The van der Waals surface area contributed by atoms with E-state index in [1.165, 1.54) is 0 Å². The molecule has 0 aliphatic rings. The van der Waals surface area contributed by atoms with E-state index in [9.17, 15) is 0 Å². The second-order valence-electron chi connectivity index (χ2n) is 4.76. The molecule has 4 heteroatoms.